The van der Waals surface area contributed by atoms with Crippen LogP contribution in [0.25, 0.3) is 21.8 Å². The van der Waals surface area contributed by atoms with Crippen molar-refractivity contribution in [3.8, 4) is 0 Å². The minimum absolute atomic E-state index is 0.0837. The summed E-state index contributed by atoms with van der Waals surface area (Å²) in [4.78, 5) is 13.9. The average Bonchev–Trinajstić information content (AvgIpc) is 3.24. The van der Waals surface area contributed by atoms with Crippen LogP contribution in [0, 0.1) is 0 Å². The van der Waals surface area contributed by atoms with Gasteiger partial charge in [0.15, 0.2) is 0 Å². The van der Waals surface area contributed by atoms with Crippen LogP contribution in [0.1, 0.15) is 37.8 Å². The van der Waals surface area contributed by atoms with Gasteiger partial charge in [-0.05, 0) is 49.9 Å². The maximum absolute atomic E-state index is 12.2. The van der Waals surface area contributed by atoms with Crippen molar-refractivity contribution < 1.29 is 9.53 Å². The van der Waals surface area contributed by atoms with Crippen molar-refractivity contribution in [2.75, 3.05) is 6.61 Å². The molecule has 0 radical (unpaired) electrons. The summed E-state index contributed by atoms with van der Waals surface area (Å²) in [5.41, 5.74) is 3.57. The lowest BCUT2D eigenvalue weighted by atomic mass is 10.1. The fraction of sp³-hybridized carbons (Fsp3) is 0.286. The molecule has 0 spiro atoms. The average molecular weight is 366 g/mol. The highest BCUT2D eigenvalue weighted by Crippen LogP contribution is 2.41. The molecule has 3 aromatic rings. The van der Waals surface area contributed by atoms with Crippen molar-refractivity contribution in [1.29, 1.82) is 0 Å². The summed E-state index contributed by atoms with van der Waals surface area (Å²) in [5.74, 6) is 0. The Morgan fingerprint density at radius 2 is 1.92 bits per heavy atom. The normalized spacial score (nSPS) is 16.9. The lowest BCUT2D eigenvalue weighted by Crippen LogP contribution is -2.26. The summed E-state index contributed by atoms with van der Waals surface area (Å²) in [7, 11) is 0. The van der Waals surface area contributed by atoms with Crippen LogP contribution >= 0.6 is 11.8 Å². The number of carbonyl (C=O) groups is 1. The maximum atomic E-state index is 12.2. The zero-order chi connectivity index (χ0) is 18.3. The molecule has 2 heterocycles. The molecule has 1 aromatic heterocycles. The second-order valence-corrected chi connectivity index (χ2v) is 7.63. The van der Waals surface area contributed by atoms with Crippen LogP contribution in [0.5, 0.6) is 0 Å². The number of rotatable bonds is 3. The quantitative estimate of drug-likeness (QED) is 0.566. The van der Waals surface area contributed by atoms with Crippen LogP contribution in [-0.2, 0) is 4.74 Å². The molecular formula is C21H22N2O2S. The van der Waals surface area contributed by atoms with Gasteiger partial charge in [0.05, 0.1) is 6.61 Å². The fourth-order valence-corrected chi connectivity index (χ4v) is 4.58. The maximum Gasteiger partial charge on any atom is 0.415 e. The Morgan fingerprint density at radius 1 is 1.15 bits per heavy atom. The van der Waals surface area contributed by atoms with Crippen molar-refractivity contribution in [2.45, 2.75) is 32.2 Å². The van der Waals surface area contributed by atoms with E-state index in [2.05, 4.69) is 60.9 Å². The van der Waals surface area contributed by atoms with Gasteiger partial charge in [-0.2, -0.15) is 0 Å². The number of carbonyl (C=O) groups excluding carboxylic acids is 1. The van der Waals surface area contributed by atoms with Gasteiger partial charge >= 0.3 is 6.09 Å². The molecule has 0 saturated carbocycles. The third kappa shape index (κ3) is 2.67. The largest absolute Gasteiger partial charge is 0.449 e. The van der Waals surface area contributed by atoms with Gasteiger partial charge in [-0.25, -0.2) is 4.79 Å². The van der Waals surface area contributed by atoms with Gasteiger partial charge in [-0.15, -0.1) is 11.8 Å². The molecule has 0 aliphatic carbocycles. The van der Waals surface area contributed by atoms with Crippen LogP contribution < -0.4 is 0 Å². The van der Waals surface area contributed by atoms with Crippen LogP contribution in [0.3, 0.4) is 0 Å². The summed E-state index contributed by atoms with van der Waals surface area (Å²) >= 11 is 1.62. The monoisotopic (exact) mass is 366 g/mol. The van der Waals surface area contributed by atoms with Crippen molar-refractivity contribution in [2.24, 2.45) is 0 Å². The number of thioether (sulfide) groups is 1. The van der Waals surface area contributed by atoms with E-state index in [4.69, 9.17) is 4.74 Å². The van der Waals surface area contributed by atoms with E-state index in [0.717, 1.165) is 5.56 Å². The Morgan fingerprint density at radius 3 is 2.69 bits per heavy atom. The first-order valence-electron chi connectivity index (χ1n) is 8.91. The summed E-state index contributed by atoms with van der Waals surface area (Å²) < 4.78 is 7.56. The molecule has 134 valence electrons. The van der Waals surface area contributed by atoms with E-state index in [1.165, 1.54) is 21.8 Å². The Bertz CT molecular complexity index is 1010. The van der Waals surface area contributed by atoms with Crippen molar-refractivity contribution in [3.63, 3.8) is 0 Å². The molecule has 2 aromatic carbocycles. The summed E-state index contributed by atoms with van der Waals surface area (Å²) in [6.07, 6.45) is 1.50. The third-order valence-electron chi connectivity index (χ3n) is 4.70. The number of hydrogen-bond acceptors (Lipinski definition) is 3. The second-order valence-electron chi connectivity index (χ2n) is 6.64. The molecule has 1 amide bonds. The predicted octanol–water partition coefficient (Wildman–Crippen LogP) is 6.05. The first kappa shape index (κ1) is 17.0. The highest BCUT2D eigenvalue weighted by molar-refractivity contribution is 8.02. The molecule has 4 nitrogen and oxygen atoms in total. The number of aromatic nitrogens is 1. The molecule has 4 rings (SSSR count). The Labute approximate surface area is 157 Å². The predicted molar refractivity (Wildman–Crippen MR) is 108 cm³/mol. The number of nitrogens with zero attached hydrogens (tertiary/aromatic N) is 2. The Kier molecular flexibility index (Phi) is 4.41. The third-order valence-corrected chi connectivity index (χ3v) is 5.73. The highest BCUT2D eigenvalue weighted by atomic mass is 32.2. The van der Waals surface area contributed by atoms with E-state index < -0.39 is 0 Å². The SMILES string of the molecule is CCOC(=O)N1C=CSC1c1ccc2c(c1)c1ccccc1n2C(C)C. The standard InChI is InChI=1S/C21H22N2O2S/c1-4-25-21(24)22-11-12-26-20(22)15-9-10-19-17(13-15)16-7-5-6-8-18(16)23(19)14(2)3/h5-14,20H,4H2,1-3H3. The smallest absolute Gasteiger partial charge is 0.415 e. The first-order valence-corrected chi connectivity index (χ1v) is 9.86. The fourth-order valence-electron chi connectivity index (χ4n) is 3.64. The lowest BCUT2D eigenvalue weighted by Gasteiger charge is -2.22. The van der Waals surface area contributed by atoms with E-state index in [-0.39, 0.29) is 11.5 Å². The second kappa shape index (κ2) is 6.72. The molecule has 26 heavy (non-hydrogen) atoms. The van der Waals surface area contributed by atoms with E-state index in [0.29, 0.717) is 12.6 Å². The van der Waals surface area contributed by atoms with E-state index in [9.17, 15) is 4.79 Å². The topological polar surface area (TPSA) is 34.5 Å². The van der Waals surface area contributed by atoms with Crippen LogP contribution in [0.15, 0.2) is 54.1 Å². The molecule has 1 aliphatic heterocycles. The molecule has 1 unspecified atom stereocenters. The lowest BCUT2D eigenvalue weighted by molar-refractivity contribution is 0.120. The molecule has 5 heteroatoms. The zero-order valence-electron chi connectivity index (χ0n) is 15.2. The molecule has 1 aliphatic rings. The van der Waals surface area contributed by atoms with E-state index in [1.54, 1.807) is 22.9 Å². The van der Waals surface area contributed by atoms with Gasteiger partial charge in [0.25, 0.3) is 0 Å². The van der Waals surface area contributed by atoms with Crippen molar-refractivity contribution in [1.82, 2.24) is 9.47 Å². The number of para-hydroxylation sites is 1. The van der Waals surface area contributed by atoms with Gasteiger partial charge in [0.2, 0.25) is 0 Å². The molecule has 0 saturated heterocycles. The van der Waals surface area contributed by atoms with E-state index >= 15 is 0 Å². The summed E-state index contributed by atoms with van der Waals surface area (Å²) in [5, 5.41) is 4.34. The van der Waals surface area contributed by atoms with E-state index in [1.807, 2.05) is 12.3 Å². The molecule has 1 atom stereocenters. The van der Waals surface area contributed by atoms with Crippen LogP contribution in [-0.4, -0.2) is 22.2 Å². The number of hydrogen-bond donors (Lipinski definition) is 0. The number of benzene rings is 2. The first-order chi connectivity index (χ1) is 12.6. The number of fused-ring (bicyclic) bond motifs is 3. The number of ether oxygens (including phenoxy) is 1. The minimum atomic E-state index is -0.302. The van der Waals surface area contributed by atoms with Gasteiger partial charge in [0.1, 0.15) is 5.37 Å². The zero-order valence-corrected chi connectivity index (χ0v) is 16.0. The van der Waals surface area contributed by atoms with Gasteiger partial charge in [-0.1, -0.05) is 24.3 Å². The van der Waals surface area contributed by atoms with Crippen LogP contribution in [0.4, 0.5) is 4.79 Å². The van der Waals surface area contributed by atoms with Crippen molar-refractivity contribution in [3.05, 3.63) is 59.6 Å². The van der Waals surface area contributed by atoms with Crippen molar-refractivity contribution >= 4 is 39.7 Å². The highest BCUT2D eigenvalue weighted by Gasteiger charge is 2.29. The Hall–Kier alpha value is -2.40. The number of amides is 1. The van der Waals surface area contributed by atoms with Gasteiger partial charge < -0.3 is 9.30 Å². The summed E-state index contributed by atoms with van der Waals surface area (Å²) in [6.45, 7) is 6.62. The molecule has 0 bridgehead atoms. The minimum Gasteiger partial charge on any atom is -0.449 e. The van der Waals surface area contributed by atoms with Crippen LogP contribution in [0.2, 0.25) is 0 Å². The summed E-state index contributed by atoms with van der Waals surface area (Å²) in [6, 6.07) is 15.4. The molecule has 0 N–H and O–H groups in total. The molecular weight excluding hydrogens is 344 g/mol. The van der Waals surface area contributed by atoms with Gasteiger partial charge in [-0.3, -0.25) is 4.90 Å². The van der Waals surface area contributed by atoms with Gasteiger partial charge in [0, 0.05) is 34.0 Å². The molecule has 0 fully saturated rings. The Balaban J connectivity index is 1.84.